The number of benzene rings is 1. The minimum absolute atomic E-state index is 0.0552. The number of likely N-dealkylation sites (N-methyl/N-ethyl adjacent to an activating group) is 1. The van der Waals surface area contributed by atoms with Gasteiger partial charge in [-0.1, -0.05) is 29.2 Å². The molecule has 0 radical (unpaired) electrons. The average Bonchev–Trinajstić information content (AvgIpc) is 3.44. The molecule has 0 unspecified atom stereocenters. The quantitative estimate of drug-likeness (QED) is 0.343. The molecule has 3 aromatic rings. The van der Waals surface area contributed by atoms with Crippen LogP contribution in [0.4, 0.5) is 0 Å². The zero-order chi connectivity index (χ0) is 22.2. The Morgan fingerprint density at radius 3 is 2.84 bits per heavy atom. The average molecular weight is 462 g/mol. The lowest BCUT2D eigenvalue weighted by molar-refractivity contribution is -0.138. The van der Waals surface area contributed by atoms with E-state index in [1.54, 1.807) is 31.3 Å². The van der Waals surface area contributed by atoms with Gasteiger partial charge in [0.1, 0.15) is 0 Å². The van der Waals surface area contributed by atoms with Crippen LogP contribution < -0.4 is 0 Å². The molecule has 0 spiro atoms. The van der Waals surface area contributed by atoms with Crippen molar-refractivity contribution >= 4 is 35.0 Å². The highest BCUT2D eigenvalue weighted by atomic mass is 32.2. The number of rotatable bonds is 11. The van der Waals surface area contributed by atoms with Crippen molar-refractivity contribution in [1.82, 2.24) is 24.6 Å². The highest BCUT2D eigenvalue weighted by Crippen LogP contribution is 2.28. The van der Waals surface area contributed by atoms with Crippen LogP contribution in [0.3, 0.4) is 0 Å². The maximum absolute atomic E-state index is 12.5. The lowest BCUT2D eigenvalue weighted by Crippen LogP contribution is -2.30. The molecule has 164 valence electrons. The van der Waals surface area contributed by atoms with Crippen LogP contribution >= 0.6 is 23.1 Å². The zero-order valence-electron chi connectivity index (χ0n) is 17.2. The standard InChI is InChI=1S/C20H23N5O4S2/c1-14-11-16(25-7-6-21-13-25)4-3-15(14)12-30-20-23-22-18(31-20)19(28)24(2)8-10-29-9-5-17(26)27/h3-4,6-7,11,13H,5,8-10,12H2,1-2H3,(H,26,27). The van der Waals surface area contributed by atoms with E-state index in [9.17, 15) is 9.59 Å². The first-order valence-electron chi connectivity index (χ1n) is 9.53. The molecule has 2 heterocycles. The minimum Gasteiger partial charge on any atom is -0.481 e. The molecule has 2 aromatic heterocycles. The van der Waals surface area contributed by atoms with Gasteiger partial charge in [-0.25, -0.2) is 4.98 Å². The van der Waals surface area contributed by atoms with Crippen LogP contribution in [0.5, 0.6) is 0 Å². The Labute approximate surface area is 188 Å². The molecule has 11 heteroatoms. The van der Waals surface area contributed by atoms with Crippen molar-refractivity contribution in [1.29, 1.82) is 0 Å². The van der Waals surface area contributed by atoms with Crippen molar-refractivity contribution in [3.8, 4) is 5.69 Å². The fraction of sp³-hybridized carbons (Fsp3) is 0.350. The van der Waals surface area contributed by atoms with Gasteiger partial charge in [0.25, 0.3) is 5.91 Å². The van der Waals surface area contributed by atoms with Gasteiger partial charge >= 0.3 is 5.97 Å². The number of aromatic nitrogens is 4. The van der Waals surface area contributed by atoms with E-state index in [2.05, 4.69) is 34.2 Å². The number of aliphatic carboxylic acids is 1. The molecule has 1 amide bonds. The number of carbonyl (C=O) groups excluding carboxylic acids is 1. The molecule has 0 aliphatic carbocycles. The van der Waals surface area contributed by atoms with Crippen LogP contribution in [0.25, 0.3) is 5.69 Å². The summed E-state index contributed by atoms with van der Waals surface area (Å²) in [6.45, 7) is 2.81. The monoisotopic (exact) mass is 461 g/mol. The van der Waals surface area contributed by atoms with Gasteiger partial charge in [0.05, 0.1) is 26.0 Å². The van der Waals surface area contributed by atoms with E-state index >= 15 is 0 Å². The number of imidazole rings is 1. The molecule has 0 atom stereocenters. The highest BCUT2D eigenvalue weighted by Gasteiger charge is 2.17. The molecular weight excluding hydrogens is 438 g/mol. The predicted octanol–water partition coefficient (Wildman–Crippen LogP) is 2.89. The van der Waals surface area contributed by atoms with Crippen LogP contribution in [0.15, 0.2) is 41.3 Å². The Kier molecular flexibility index (Phi) is 8.15. The smallest absolute Gasteiger partial charge is 0.305 e. The fourth-order valence-electron chi connectivity index (χ4n) is 2.64. The second-order valence-electron chi connectivity index (χ2n) is 6.73. The van der Waals surface area contributed by atoms with E-state index in [-0.39, 0.29) is 25.5 Å². The van der Waals surface area contributed by atoms with Crippen molar-refractivity contribution < 1.29 is 19.4 Å². The Bertz CT molecular complexity index is 1020. The van der Waals surface area contributed by atoms with E-state index in [4.69, 9.17) is 9.84 Å². The third-order valence-electron chi connectivity index (χ3n) is 4.45. The highest BCUT2D eigenvalue weighted by molar-refractivity contribution is 8.00. The molecule has 1 aromatic carbocycles. The molecule has 0 aliphatic heterocycles. The largest absolute Gasteiger partial charge is 0.481 e. The second-order valence-corrected chi connectivity index (χ2v) is 8.93. The summed E-state index contributed by atoms with van der Waals surface area (Å²) in [6, 6.07) is 6.25. The van der Waals surface area contributed by atoms with E-state index in [0.29, 0.717) is 11.6 Å². The maximum atomic E-state index is 12.5. The molecule has 0 saturated carbocycles. The summed E-state index contributed by atoms with van der Waals surface area (Å²) in [5.41, 5.74) is 3.41. The fourth-order valence-corrected chi connectivity index (χ4v) is 4.56. The summed E-state index contributed by atoms with van der Waals surface area (Å²) in [6.07, 6.45) is 5.36. The van der Waals surface area contributed by atoms with Crippen molar-refractivity contribution in [3.63, 3.8) is 0 Å². The number of aryl methyl sites for hydroxylation is 1. The number of carbonyl (C=O) groups is 2. The summed E-state index contributed by atoms with van der Waals surface area (Å²) in [4.78, 5) is 28.5. The molecule has 0 saturated heterocycles. The lowest BCUT2D eigenvalue weighted by atomic mass is 10.1. The van der Waals surface area contributed by atoms with Gasteiger partial charge in [0, 0.05) is 37.4 Å². The van der Waals surface area contributed by atoms with E-state index < -0.39 is 5.97 Å². The normalized spacial score (nSPS) is 10.9. The summed E-state index contributed by atoms with van der Waals surface area (Å²) in [5.74, 6) is -0.411. The SMILES string of the molecule is Cc1cc(-n2ccnc2)ccc1CSc1nnc(C(=O)N(C)CCOCCC(=O)O)s1. The van der Waals surface area contributed by atoms with Gasteiger partial charge in [-0.15, -0.1) is 10.2 Å². The molecule has 0 fully saturated rings. The van der Waals surface area contributed by atoms with E-state index in [1.807, 2.05) is 16.8 Å². The van der Waals surface area contributed by atoms with Crippen LogP contribution in [-0.2, 0) is 15.3 Å². The summed E-state index contributed by atoms with van der Waals surface area (Å²) in [7, 11) is 1.66. The summed E-state index contributed by atoms with van der Waals surface area (Å²) in [5, 5.41) is 17.0. The van der Waals surface area contributed by atoms with Gasteiger partial charge in [-0.2, -0.15) is 0 Å². The first-order chi connectivity index (χ1) is 14.9. The van der Waals surface area contributed by atoms with Gasteiger partial charge in [0.15, 0.2) is 4.34 Å². The number of ether oxygens (including phenoxy) is 1. The summed E-state index contributed by atoms with van der Waals surface area (Å²) >= 11 is 2.80. The van der Waals surface area contributed by atoms with Gasteiger partial charge in [0.2, 0.25) is 5.01 Å². The third kappa shape index (κ3) is 6.61. The number of hydrogen-bond donors (Lipinski definition) is 1. The Morgan fingerprint density at radius 1 is 1.29 bits per heavy atom. The van der Waals surface area contributed by atoms with Crippen LogP contribution in [-0.4, -0.2) is 68.4 Å². The van der Waals surface area contributed by atoms with Gasteiger partial charge < -0.3 is 19.3 Å². The number of carboxylic acid groups (broad SMARTS) is 1. The van der Waals surface area contributed by atoms with Gasteiger partial charge in [-0.05, 0) is 30.2 Å². The van der Waals surface area contributed by atoms with Crippen molar-refractivity contribution in [2.45, 2.75) is 23.4 Å². The number of amides is 1. The number of hydrogen-bond acceptors (Lipinski definition) is 8. The van der Waals surface area contributed by atoms with Crippen molar-refractivity contribution in [2.24, 2.45) is 0 Å². The number of carboxylic acids is 1. The third-order valence-corrected chi connectivity index (χ3v) is 6.54. The molecule has 1 N–H and O–H groups in total. The Balaban J connectivity index is 1.49. The van der Waals surface area contributed by atoms with Gasteiger partial charge in [-0.3, -0.25) is 9.59 Å². The first-order valence-corrected chi connectivity index (χ1v) is 11.3. The zero-order valence-corrected chi connectivity index (χ0v) is 18.9. The van der Waals surface area contributed by atoms with Crippen molar-refractivity contribution in [2.75, 3.05) is 26.8 Å². The topological polar surface area (TPSA) is 110 Å². The number of nitrogens with zero attached hydrogens (tertiary/aromatic N) is 5. The molecule has 31 heavy (non-hydrogen) atoms. The Hall–Kier alpha value is -2.76. The van der Waals surface area contributed by atoms with E-state index in [0.717, 1.165) is 15.8 Å². The lowest BCUT2D eigenvalue weighted by Gasteiger charge is -2.15. The molecule has 0 aliphatic rings. The number of thioether (sulfide) groups is 1. The maximum Gasteiger partial charge on any atom is 0.305 e. The first kappa shape index (κ1) is 22.9. The van der Waals surface area contributed by atoms with Crippen molar-refractivity contribution in [3.05, 3.63) is 53.1 Å². The molecule has 9 nitrogen and oxygen atoms in total. The molecule has 3 rings (SSSR count). The second kappa shape index (κ2) is 11.0. The summed E-state index contributed by atoms with van der Waals surface area (Å²) < 4.78 is 7.91. The Morgan fingerprint density at radius 2 is 2.13 bits per heavy atom. The van der Waals surface area contributed by atoms with Crippen LogP contribution in [0.2, 0.25) is 0 Å². The predicted molar refractivity (Wildman–Crippen MR) is 118 cm³/mol. The molecular formula is C20H23N5O4S2. The minimum atomic E-state index is -0.910. The molecule has 0 bridgehead atoms. The van der Waals surface area contributed by atoms with E-state index in [1.165, 1.54) is 27.4 Å². The van der Waals surface area contributed by atoms with Crippen LogP contribution in [0.1, 0.15) is 27.3 Å². The van der Waals surface area contributed by atoms with Crippen LogP contribution in [0, 0.1) is 6.92 Å².